The summed E-state index contributed by atoms with van der Waals surface area (Å²) < 4.78 is 33.7. The average molecular weight is 489 g/mol. The van der Waals surface area contributed by atoms with Crippen LogP contribution in [0.2, 0.25) is 0 Å². The molecule has 3 aromatic carbocycles. The number of piperazine rings is 1. The molecule has 0 aliphatic carbocycles. The Labute approximate surface area is 206 Å². The first-order valence-electron chi connectivity index (χ1n) is 11.6. The molecule has 1 saturated heterocycles. The SMILES string of the molecule is COc1cc(C)c(C)cc1S(=O)(=O)N1CCN(c2ccc(-c3cccc4ccccc34)nn2)CC1. The van der Waals surface area contributed by atoms with Crippen molar-refractivity contribution in [1.82, 2.24) is 14.5 Å². The second-order valence-corrected chi connectivity index (χ2v) is 10.7. The van der Waals surface area contributed by atoms with E-state index in [1.54, 1.807) is 12.1 Å². The molecule has 0 amide bonds. The molecular weight excluding hydrogens is 460 g/mol. The Morgan fingerprint density at radius 3 is 2.26 bits per heavy atom. The quantitative estimate of drug-likeness (QED) is 0.414. The first kappa shape index (κ1) is 23.3. The zero-order valence-electron chi connectivity index (χ0n) is 20.1. The number of nitrogens with zero attached hydrogens (tertiary/aromatic N) is 4. The lowest BCUT2D eigenvalue weighted by Gasteiger charge is -2.34. The standard InChI is InChI=1S/C27H28N4O3S/c1-19-17-25(34-3)26(18-20(19)2)35(32,33)31-15-13-30(14-16-31)27-12-11-24(28-29-27)23-10-6-8-21-7-4-5-9-22(21)23/h4-12,17-18H,13-16H2,1-3H3. The summed E-state index contributed by atoms with van der Waals surface area (Å²) in [5.74, 6) is 1.13. The van der Waals surface area contributed by atoms with E-state index < -0.39 is 10.0 Å². The van der Waals surface area contributed by atoms with Crippen molar-refractivity contribution >= 4 is 26.6 Å². The number of aryl methyl sites for hydroxylation is 2. The summed E-state index contributed by atoms with van der Waals surface area (Å²) in [4.78, 5) is 2.29. The Bertz CT molecular complexity index is 1470. The zero-order valence-corrected chi connectivity index (χ0v) is 20.9. The van der Waals surface area contributed by atoms with Crippen molar-refractivity contribution in [3.8, 4) is 17.0 Å². The molecule has 0 radical (unpaired) electrons. The summed E-state index contributed by atoms with van der Waals surface area (Å²) in [7, 11) is -2.17. The van der Waals surface area contributed by atoms with Crippen LogP contribution in [0.4, 0.5) is 5.82 Å². The molecule has 35 heavy (non-hydrogen) atoms. The summed E-state index contributed by atoms with van der Waals surface area (Å²) in [6.07, 6.45) is 0. The lowest BCUT2D eigenvalue weighted by molar-refractivity contribution is 0.373. The maximum Gasteiger partial charge on any atom is 0.246 e. The van der Waals surface area contributed by atoms with E-state index in [1.807, 2.05) is 44.2 Å². The number of aromatic nitrogens is 2. The molecule has 0 bridgehead atoms. The number of sulfonamides is 1. The van der Waals surface area contributed by atoms with Gasteiger partial charge in [0.1, 0.15) is 10.6 Å². The minimum Gasteiger partial charge on any atom is -0.495 e. The molecule has 1 aliphatic rings. The van der Waals surface area contributed by atoms with Gasteiger partial charge >= 0.3 is 0 Å². The van der Waals surface area contributed by atoms with Crippen LogP contribution in [0.3, 0.4) is 0 Å². The number of rotatable bonds is 5. The van der Waals surface area contributed by atoms with Gasteiger partial charge in [0, 0.05) is 31.7 Å². The molecule has 0 spiro atoms. The molecule has 1 aromatic heterocycles. The molecule has 0 N–H and O–H groups in total. The van der Waals surface area contributed by atoms with Gasteiger partial charge in [-0.2, -0.15) is 4.31 Å². The van der Waals surface area contributed by atoms with E-state index in [0.717, 1.165) is 39.0 Å². The van der Waals surface area contributed by atoms with Crippen LogP contribution in [0.25, 0.3) is 22.0 Å². The van der Waals surface area contributed by atoms with Gasteiger partial charge in [0.25, 0.3) is 0 Å². The highest BCUT2D eigenvalue weighted by molar-refractivity contribution is 7.89. The highest BCUT2D eigenvalue weighted by Gasteiger charge is 2.31. The summed E-state index contributed by atoms with van der Waals surface area (Å²) in [6, 6.07) is 21.8. The van der Waals surface area contributed by atoms with Crippen molar-refractivity contribution in [2.75, 3.05) is 38.2 Å². The molecule has 0 saturated carbocycles. The fraction of sp³-hybridized carbons (Fsp3) is 0.259. The van der Waals surface area contributed by atoms with E-state index in [-0.39, 0.29) is 4.90 Å². The maximum absolute atomic E-state index is 13.4. The predicted octanol–water partition coefficient (Wildman–Crippen LogP) is 4.43. The van der Waals surface area contributed by atoms with Crippen LogP contribution < -0.4 is 9.64 Å². The molecular formula is C27H28N4O3S. The van der Waals surface area contributed by atoms with Crippen molar-refractivity contribution in [1.29, 1.82) is 0 Å². The predicted molar refractivity (Wildman–Crippen MR) is 138 cm³/mol. The zero-order chi connectivity index (χ0) is 24.6. The molecule has 4 aromatic rings. The van der Waals surface area contributed by atoms with E-state index in [1.165, 1.54) is 11.4 Å². The van der Waals surface area contributed by atoms with E-state index in [4.69, 9.17) is 4.74 Å². The molecule has 2 heterocycles. The van der Waals surface area contributed by atoms with Gasteiger partial charge in [0.2, 0.25) is 10.0 Å². The largest absolute Gasteiger partial charge is 0.495 e. The Hall–Kier alpha value is -3.49. The van der Waals surface area contributed by atoms with Gasteiger partial charge in [-0.15, -0.1) is 10.2 Å². The third kappa shape index (κ3) is 4.35. The van der Waals surface area contributed by atoms with Crippen LogP contribution in [0.5, 0.6) is 5.75 Å². The first-order chi connectivity index (χ1) is 16.9. The van der Waals surface area contributed by atoms with Crippen LogP contribution >= 0.6 is 0 Å². The summed E-state index contributed by atoms with van der Waals surface area (Å²) in [6.45, 7) is 5.66. The third-order valence-corrected chi connectivity index (χ3v) is 8.60. The fourth-order valence-corrected chi connectivity index (χ4v) is 6.15. The smallest absolute Gasteiger partial charge is 0.246 e. The molecule has 8 heteroatoms. The fourth-order valence-electron chi connectivity index (χ4n) is 4.51. The van der Waals surface area contributed by atoms with Gasteiger partial charge in [0.15, 0.2) is 5.82 Å². The van der Waals surface area contributed by atoms with Crippen molar-refractivity contribution in [2.45, 2.75) is 18.7 Å². The van der Waals surface area contributed by atoms with E-state index in [0.29, 0.717) is 31.9 Å². The Balaban J connectivity index is 1.32. The second kappa shape index (κ2) is 9.28. The van der Waals surface area contributed by atoms with E-state index in [9.17, 15) is 8.42 Å². The lowest BCUT2D eigenvalue weighted by atomic mass is 10.0. The summed E-state index contributed by atoms with van der Waals surface area (Å²) in [5, 5.41) is 11.3. The van der Waals surface area contributed by atoms with Crippen molar-refractivity contribution in [3.05, 3.63) is 77.9 Å². The van der Waals surface area contributed by atoms with Gasteiger partial charge in [-0.05, 0) is 60.0 Å². The van der Waals surface area contributed by atoms with Gasteiger partial charge in [0.05, 0.1) is 12.8 Å². The first-order valence-corrected chi connectivity index (χ1v) is 13.0. The van der Waals surface area contributed by atoms with Crippen LogP contribution in [0.1, 0.15) is 11.1 Å². The lowest BCUT2D eigenvalue weighted by Crippen LogP contribution is -2.49. The molecule has 0 unspecified atom stereocenters. The normalized spacial score (nSPS) is 14.9. The summed E-state index contributed by atoms with van der Waals surface area (Å²) >= 11 is 0. The van der Waals surface area contributed by atoms with E-state index in [2.05, 4.69) is 39.4 Å². The molecule has 1 aliphatic heterocycles. The van der Waals surface area contributed by atoms with Gasteiger partial charge in [-0.1, -0.05) is 42.5 Å². The van der Waals surface area contributed by atoms with Crippen molar-refractivity contribution in [2.24, 2.45) is 0 Å². The van der Waals surface area contributed by atoms with Gasteiger partial charge in [-0.3, -0.25) is 0 Å². The number of fused-ring (bicyclic) bond motifs is 1. The third-order valence-electron chi connectivity index (χ3n) is 6.68. The van der Waals surface area contributed by atoms with Crippen molar-refractivity contribution < 1.29 is 13.2 Å². The number of ether oxygens (including phenoxy) is 1. The van der Waals surface area contributed by atoms with Crippen LogP contribution in [0, 0.1) is 13.8 Å². The highest BCUT2D eigenvalue weighted by Crippen LogP contribution is 2.31. The number of methoxy groups -OCH3 is 1. The Morgan fingerprint density at radius 2 is 1.54 bits per heavy atom. The van der Waals surface area contributed by atoms with E-state index >= 15 is 0 Å². The second-order valence-electron chi connectivity index (χ2n) is 8.78. The minimum absolute atomic E-state index is 0.218. The molecule has 180 valence electrons. The van der Waals surface area contributed by atoms with Crippen LogP contribution in [-0.2, 0) is 10.0 Å². The highest BCUT2D eigenvalue weighted by atomic mass is 32.2. The Morgan fingerprint density at radius 1 is 0.829 bits per heavy atom. The van der Waals surface area contributed by atoms with Crippen LogP contribution in [0.15, 0.2) is 71.6 Å². The molecule has 1 fully saturated rings. The minimum atomic E-state index is -3.67. The molecule has 7 nitrogen and oxygen atoms in total. The maximum atomic E-state index is 13.4. The average Bonchev–Trinajstić information content (AvgIpc) is 2.89. The number of anilines is 1. The van der Waals surface area contributed by atoms with Gasteiger partial charge < -0.3 is 9.64 Å². The number of hydrogen-bond acceptors (Lipinski definition) is 6. The summed E-state index contributed by atoms with van der Waals surface area (Å²) in [5.41, 5.74) is 3.77. The van der Waals surface area contributed by atoms with Gasteiger partial charge in [-0.25, -0.2) is 8.42 Å². The van der Waals surface area contributed by atoms with Crippen LogP contribution in [-0.4, -0.2) is 56.2 Å². The topological polar surface area (TPSA) is 75.6 Å². The molecule has 5 rings (SSSR count). The van der Waals surface area contributed by atoms with Crippen molar-refractivity contribution in [3.63, 3.8) is 0 Å². The Kier molecular flexibility index (Phi) is 6.17. The molecule has 0 atom stereocenters. The number of benzene rings is 3. The monoisotopic (exact) mass is 488 g/mol. The number of hydrogen-bond donors (Lipinski definition) is 0.